The van der Waals surface area contributed by atoms with Gasteiger partial charge in [-0.25, -0.2) is 9.37 Å². The van der Waals surface area contributed by atoms with Crippen molar-refractivity contribution < 1.29 is 33.4 Å². The first-order valence-electron chi connectivity index (χ1n) is 18.2. The lowest BCUT2D eigenvalue weighted by molar-refractivity contribution is -0.462. The summed E-state index contributed by atoms with van der Waals surface area (Å²) >= 11 is 0. The highest BCUT2D eigenvalue weighted by Gasteiger charge is 2.40. The fourth-order valence-electron chi connectivity index (χ4n) is 7.53. The zero-order valence-corrected chi connectivity index (χ0v) is 32.4. The van der Waals surface area contributed by atoms with Gasteiger partial charge in [-0.1, -0.05) is 32.0 Å². The second kappa shape index (κ2) is 15.9. The van der Waals surface area contributed by atoms with E-state index in [9.17, 15) is 9.90 Å². The molecule has 0 saturated carbocycles. The van der Waals surface area contributed by atoms with Crippen molar-refractivity contribution in [1.29, 1.82) is 0 Å². The summed E-state index contributed by atoms with van der Waals surface area (Å²) in [4.78, 5) is 19.7. The van der Waals surface area contributed by atoms with Crippen LogP contribution >= 0.6 is 0 Å². The van der Waals surface area contributed by atoms with Crippen LogP contribution in [0.5, 0.6) is 11.5 Å². The molecule has 1 aliphatic heterocycles. The van der Waals surface area contributed by atoms with Crippen molar-refractivity contribution in [2.75, 3.05) is 110 Å². The predicted molar refractivity (Wildman–Crippen MR) is 213 cm³/mol. The molecule has 0 atom stereocenters. The third-order valence-electron chi connectivity index (χ3n) is 10.5. The average molecular weight is 722 g/mol. The Morgan fingerprint density at radius 1 is 0.811 bits per heavy atom. The Labute approximate surface area is 313 Å². The summed E-state index contributed by atoms with van der Waals surface area (Å²) in [6, 6.07) is 18.2. The third-order valence-corrected chi connectivity index (χ3v) is 10.5. The number of carboxylic acid groups (broad SMARTS) is 1. The first kappa shape index (κ1) is 37.7. The second-order valence-electron chi connectivity index (χ2n) is 14.5. The van der Waals surface area contributed by atoms with E-state index in [-0.39, 0.29) is 11.0 Å². The fourth-order valence-corrected chi connectivity index (χ4v) is 7.53. The Balaban J connectivity index is 1.42. The molecule has 1 heterocycles. The number of hydrogen-bond donors (Lipinski definition) is 1. The monoisotopic (exact) mass is 721 g/mol. The van der Waals surface area contributed by atoms with Crippen LogP contribution in [0.2, 0.25) is 0 Å². The molecule has 0 radical (unpaired) electrons. The fraction of sp³-hybridized carbons (Fsp3) is 0.395. The first-order valence-corrected chi connectivity index (χ1v) is 18.2. The Hall–Kier alpha value is -5.06. The van der Waals surface area contributed by atoms with Gasteiger partial charge in [-0.3, -0.25) is 0 Å². The molecule has 3 aliphatic rings. The SMILES string of the molecule is COc1ccccc1N1CCOCCN(c2cc(C3=C4C=CC(=[N+](C)C)C=C4C(C)(C)c4cc(N(C)C)ccc43)c(C(=O)O)cc2OC)CCOCC1. The molecular weight excluding hydrogens is 668 g/mol. The van der Waals surface area contributed by atoms with Crippen LogP contribution in [-0.4, -0.2) is 116 Å². The molecule has 1 fully saturated rings. The maximum atomic E-state index is 13.1. The molecule has 1 saturated heterocycles. The smallest absolute Gasteiger partial charge is 0.336 e. The Kier molecular flexibility index (Phi) is 11.3. The summed E-state index contributed by atoms with van der Waals surface area (Å²) in [5.74, 6) is 0.295. The van der Waals surface area contributed by atoms with Gasteiger partial charge in [0.1, 0.15) is 25.6 Å². The number of carbonyl (C=O) groups is 1. The van der Waals surface area contributed by atoms with Crippen LogP contribution < -0.4 is 24.2 Å². The van der Waals surface area contributed by atoms with E-state index in [2.05, 4.69) is 75.6 Å². The van der Waals surface area contributed by atoms with Crippen molar-refractivity contribution in [3.8, 4) is 11.5 Å². The van der Waals surface area contributed by atoms with E-state index < -0.39 is 5.97 Å². The molecule has 0 amide bonds. The number of hydrogen-bond acceptors (Lipinski definition) is 8. The van der Waals surface area contributed by atoms with E-state index in [0.717, 1.165) is 56.4 Å². The molecule has 3 aromatic carbocycles. The van der Waals surface area contributed by atoms with Crippen LogP contribution in [0.25, 0.3) is 5.57 Å². The van der Waals surface area contributed by atoms with Crippen molar-refractivity contribution in [2.24, 2.45) is 0 Å². The van der Waals surface area contributed by atoms with Gasteiger partial charge in [0.15, 0.2) is 5.71 Å². The van der Waals surface area contributed by atoms with Gasteiger partial charge in [0.05, 0.1) is 57.6 Å². The minimum absolute atomic E-state index is 0.184. The van der Waals surface area contributed by atoms with E-state index in [1.807, 2.05) is 52.5 Å². The van der Waals surface area contributed by atoms with Gasteiger partial charge >= 0.3 is 5.97 Å². The molecule has 0 spiro atoms. The van der Waals surface area contributed by atoms with E-state index in [1.165, 1.54) is 0 Å². The van der Waals surface area contributed by atoms with Gasteiger partial charge in [0.25, 0.3) is 0 Å². The molecule has 3 aromatic rings. The van der Waals surface area contributed by atoms with E-state index in [1.54, 1.807) is 20.3 Å². The summed E-state index contributed by atoms with van der Waals surface area (Å²) in [5, 5.41) is 10.7. The number of allylic oxidation sites excluding steroid dienone is 5. The van der Waals surface area contributed by atoms with Crippen molar-refractivity contribution in [1.82, 2.24) is 0 Å². The van der Waals surface area contributed by atoms with E-state index in [0.29, 0.717) is 63.9 Å². The Bertz CT molecular complexity index is 1970. The van der Waals surface area contributed by atoms with Crippen LogP contribution in [0.3, 0.4) is 0 Å². The second-order valence-corrected chi connectivity index (χ2v) is 14.5. The highest BCUT2D eigenvalue weighted by molar-refractivity contribution is 6.08. The normalized spacial score (nSPS) is 17.6. The summed E-state index contributed by atoms with van der Waals surface area (Å²) in [5.41, 5.74) is 9.67. The summed E-state index contributed by atoms with van der Waals surface area (Å²) in [7, 11) is 11.4. The Morgan fingerprint density at radius 3 is 2.02 bits per heavy atom. The molecule has 1 N–H and O–H groups in total. The number of rotatable bonds is 7. The zero-order chi connectivity index (χ0) is 37.9. The summed E-state index contributed by atoms with van der Waals surface area (Å²) in [6.45, 7) is 8.99. The molecule has 53 heavy (non-hydrogen) atoms. The van der Waals surface area contributed by atoms with Crippen LogP contribution in [0.15, 0.2) is 84.0 Å². The van der Waals surface area contributed by atoms with Crippen LogP contribution in [0, 0.1) is 0 Å². The standard InChI is InChI=1S/C43H52N4O6/c1-43(2)35-25-29(44(3)4)13-15-31(35)41(32-16-14-30(45(5)6)26-36(32)43)33-27-38(40(51-8)28-34(33)42(48)49)47-19-23-52-21-17-46(18-22-53-24-20-47)37-11-9-10-12-39(37)50-7/h9-16,25-28H,17-24H2,1-8H3/p+1. The van der Waals surface area contributed by atoms with Gasteiger partial charge in [-0.15, -0.1) is 0 Å². The van der Waals surface area contributed by atoms with Gasteiger partial charge in [0, 0.05) is 63.5 Å². The van der Waals surface area contributed by atoms with E-state index >= 15 is 0 Å². The third kappa shape index (κ3) is 7.57. The van der Waals surface area contributed by atoms with E-state index in [4.69, 9.17) is 18.9 Å². The number of para-hydroxylation sites is 2. The lowest BCUT2D eigenvalue weighted by Gasteiger charge is -2.40. The van der Waals surface area contributed by atoms with Crippen molar-refractivity contribution in [2.45, 2.75) is 19.3 Å². The predicted octanol–water partition coefficient (Wildman–Crippen LogP) is 6.13. The molecule has 10 heteroatoms. The molecule has 0 bridgehead atoms. The molecule has 280 valence electrons. The first-order chi connectivity index (χ1) is 25.5. The van der Waals surface area contributed by atoms with Crippen LogP contribution in [-0.2, 0) is 14.9 Å². The van der Waals surface area contributed by atoms with Gasteiger partial charge in [-0.2, -0.15) is 0 Å². The highest BCUT2D eigenvalue weighted by atomic mass is 16.5. The summed E-state index contributed by atoms with van der Waals surface area (Å²) in [6.07, 6.45) is 6.50. The zero-order valence-electron chi connectivity index (χ0n) is 32.4. The quantitative estimate of drug-likeness (QED) is 0.290. The maximum Gasteiger partial charge on any atom is 0.336 e. The van der Waals surface area contributed by atoms with Gasteiger partial charge in [-0.05, 0) is 75.9 Å². The van der Waals surface area contributed by atoms with Crippen molar-refractivity contribution in [3.05, 3.63) is 106 Å². The lowest BCUT2D eigenvalue weighted by Crippen LogP contribution is -2.36. The Morgan fingerprint density at radius 2 is 1.43 bits per heavy atom. The number of aromatic carboxylic acids is 1. The highest BCUT2D eigenvalue weighted by Crippen LogP contribution is 2.52. The molecule has 10 nitrogen and oxygen atoms in total. The van der Waals surface area contributed by atoms with Crippen LogP contribution in [0.1, 0.15) is 40.9 Å². The molecule has 2 aliphatic carbocycles. The van der Waals surface area contributed by atoms with Crippen molar-refractivity contribution >= 4 is 34.3 Å². The number of methoxy groups -OCH3 is 2. The van der Waals surface area contributed by atoms with Crippen LogP contribution in [0.4, 0.5) is 17.1 Å². The maximum absolute atomic E-state index is 13.1. The van der Waals surface area contributed by atoms with Gasteiger partial charge < -0.3 is 38.8 Å². The summed E-state index contributed by atoms with van der Waals surface area (Å²) < 4.78 is 26.1. The minimum atomic E-state index is -1.01. The number of carboxylic acids is 1. The number of benzene rings is 3. The number of anilines is 3. The topological polar surface area (TPSA) is 87.0 Å². The number of nitrogens with zero attached hydrogens (tertiary/aromatic N) is 4. The number of ether oxygens (including phenoxy) is 4. The van der Waals surface area contributed by atoms with Crippen molar-refractivity contribution in [3.63, 3.8) is 0 Å². The average Bonchev–Trinajstić information content (AvgIpc) is 3.14. The number of fused-ring (bicyclic) bond motifs is 2. The van der Waals surface area contributed by atoms with Gasteiger partial charge in [0.2, 0.25) is 0 Å². The largest absolute Gasteiger partial charge is 0.495 e. The molecule has 6 rings (SSSR count). The molecule has 0 unspecified atom stereocenters. The minimum Gasteiger partial charge on any atom is -0.495 e. The lowest BCUT2D eigenvalue weighted by atomic mass is 9.64. The molecular formula is C43H53N4O6+. The molecule has 0 aromatic heterocycles.